The molecule has 0 radical (unpaired) electrons. The summed E-state index contributed by atoms with van der Waals surface area (Å²) in [6.45, 7) is 3.29. The number of aryl methyl sites for hydroxylation is 1. The second-order valence-corrected chi connectivity index (χ2v) is 5.24. The number of carbonyl (C=O) groups excluding carboxylic acids is 1. The van der Waals surface area contributed by atoms with Crippen molar-refractivity contribution in [2.75, 3.05) is 11.4 Å². The highest BCUT2D eigenvalue weighted by atomic mass is 16.2. The Balaban J connectivity index is 1.93. The molecule has 0 saturated carbocycles. The minimum Gasteiger partial charge on any atom is -0.326 e. The molecule has 2 aromatic rings. The van der Waals surface area contributed by atoms with Crippen molar-refractivity contribution >= 4 is 11.6 Å². The van der Waals surface area contributed by atoms with E-state index in [0.717, 1.165) is 35.3 Å². The first-order valence-electron chi connectivity index (χ1n) is 6.89. The topological polar surface area (TPSA) is 46.3 Å². The van der Waals surface area contributed by atoms with Crippen molar-refractivity contribution in [2.45, 2.75) is 19.9 Å². The van der Waals surface area contributed by atoms with E-state index in [1.807, 2.05) is 48.2 Å². The molecular weight excluding hydrogens is 248 g/mol. The zero-order chi connectivity index (χ0) is 14.1. The van der Waals surface area contributed by atoms with Crippen LogP contribution in [0.2, 0.25) is 0 Å². The van der Waals surface area contributed by atoms with Gasteiger partial charge in [0.05, 0.1) is 0 Å². The SMILES string of the molecule is Cc1cccc(C(=O)N2CCc3cc(CN)ccc32)c1. The van der Waals surface area contributed by atoms with Crippen LogP contribution in [0, 0.1) is 6.92 Å². The highest BCUT2D eigenvalue weighted by molar-refractivity contribution is 6.07. The summed E-state index contributed by atoms with van der Waals surface area (Å²) in [7, 11) is 0. The fourth-order valence-electron chi connectivity index (χ4n) is 2.73. The number of carbonyl (C=O) groups is 1. The predicted molar refractivity (Wildman–Crippen MR) is 80.9 cm³/mol. The third-order valence-corrected chi connectivity index (χ3v) is 3.79. The van der Waals surface area contributed by atoms with E-state index >= 15 is 0 Å². The average molecular weight is 266 g/mol. The van der Waals surface area contributed by atoms with Crippen molar-refractivity contribution in [1.29, 1.82) is 0 Å². The molecule has 0 atom stereocenters. The Morgan fingerprint density at radius 1 is 1.25 bits per heavy atom. The summed E-state index contributed by atoms with van der Waals surface area (Å²) in [6, 6.07) is 13.9. The molecule has 1 aliphatic heterocycles. The van der Waals surface area contributed by atoms with Gasteiger partial charge < -0.3 is 10.6 Å². The van der Waals surface area contributed by atoms with E-state index in [0.29, 0.717) is 6.54 Å². The molecular formula is C17H18N2O. The number of nitrogens with two attached hydrogens (primary N) is 1. The second kappa shape index (κ2) is 5.10. The van der Waals surface area contributed by atoms with E-state index in [9.17, 15) is 4.79 Å². The summed E-state index contributed by atoms with van der Waals surface area (Å²) >= 11 is 0. The Bertz CT molecular complexity index is 664. The number of hydrogen-bond donors (Lipinski definition) is 1. The van der Waals surface area contributed by atoms with Gasteiger partial charge in [-0.25, -0.2) is 0 Å². The summed E-state index contributed by atoms with van der Waals surface area (Å²) in [5.41, 5.74) is 10.9. The van der Waals surface area contributed by atoms with Crippen molar-refractivity contribution in [2.24, 2.45) is 5.73 Å². The molecule has 1 amide bonds. The molecule has 0 fully saturated rings. The molecule has 1 aliphatic rings. The number of benzene rings is 2. The van der Waals surface area contributed by atoms with Gasteiger partial charge in [0.15, 0.2) is 0 Å². The quantitative estimate of drug-likeness (QED) is 0.908. The molecule has 0 unspecified atom stereocenters. The summed E-state index contributed by atoms with van der Waals surface area (Å²) in [5, 5.41) is 0. The smallest absolute Gasteiger partial charge is 0.258 e. The Labute approximate surface area is 119 Å². The van der Waals surface area contributed by atoms with E-state index in [4.69, 9.17) is 5.73 Å². The molecule has 3 rings (SSSR count). The van der Waals surface area contributed by atoms with Crippen LogP contribution in [0.15, 0.2) is 42.5 Å². The Hall–Kier alpha value is -2.13. The van der Waals surface area contributed by atoms with Gasteiger partial charge in [-0.05, 0) is 42.7 Å². The van der Waals surface area contributed by atoms with Crippen molar-refractivity contribution < 1.29 is 4.79 Å². The molecule has 0 spiro atoms. The minimum absolute atomic E-state index is 0.0768. The van der Waals surface area contributed by atoms with Crippen LogP contribution in [0.5, 0.6) is 0 Å². The molecule has 0 saturated heterocycles. The van der Waals surface area contributed by atoms with E-state index in [-0.39, 0.29) is 5.91 Å². The predicted octanol–water partition coefficient (Wildman–Crippen LogP) is 2.66. The summed E-state index contributed by atoms with van der Waals surface area (Å²) in [6.07, 6.45) is 0.904. The highest BCUT2D eigenvalue weighted by Gasteiger charge is 2.25. The maximum atomic E-state index is 12.6. The van der Waals surface area contributed by atoms with E-state index in [2.05, 4.69) is 6.07 Å². The van der Waals surface area contributed by atoms with Crippen LogP contribution in [-0.2, 0) is 13.0 Å². The van der Waals surface area contributed by atoms with E-state index < -0.39 is 0 Å². The molecule has 20 heavy (non-hydrogen) atoms. The average Bonchev–Trinajstić information content (AvgIpc) is 2.89. The third kappa shape index (κ3) is 2.21. The van der Waals surface area contributed by atoms with Crippen molar-refractivity contribution in [3.8, 4) is 0 Å². The summed E-state index contributed by atoms with van der Waals surface area (Å²) < 4.78 is 0. The standard InChI is InChI=1S/C17H18N2O/c1-12-3-2-4-15(9-12)17(20)19-8-7-14-10-13(11-18)5-6-16(14)19/h2-6,9-10H,7-8,11,18H2,1H3. The van der Waals surface area contributed by atoms with Gasteiger partial charge in [0.2, 0.25) is 0 Å². The zero-order valence-electron chi connectivity index (χ0n) is 11.6. The van der Waals surface area contributed by atoms with Crippen LogP contribution in [0.3, 0.4) is 0 Å². The highest BCUT2D eigenvalue weighted by Crippen LogP contribution is 2.30. The number of nitrogens with zero attached hydrogens (tertiary/aromatic N) is 1. The number of fused-ring (bicyclic) bond motifs is 1. The van der Waals surface area contributed by atoms with Gasteiger partial charge in [-0.3, -0.25) is 4.79 Å². The van der Waals surface area contributed by atoms with Crippen LogP contribution >= 0.6 is 0 Å². The monoisotopic (exact) mass is 266 g/mol. The van der Waals surface area contributed by atoms with Gasteiger partial charge in [-0.2, -0.15) is 0 Å². The lowest BCUT2D eigenvalue weighted by Crippen LogP contribution is -2.28. The largest absolute Gasteiger partial charge is 0.326 e. The fourth-order valence-corrected chi connectivity index (χ4v) is 2.73. The first-order chi connectivity index (χ1) is 9.69. The molecule has 0 bridgehead atoms. The van der Waals surface area contributed by atoms with Gasteiger partial charge in [0.25, 0.3) is 5.91 Å². The minimum atomic E-state index is 0.0768. The van der Waals surface area contributed by atoms with Crippen molar-refractivity contribution in [3.63, 3.8) is 0 Å². The van der Waals surface area contributed by atoms with Gasteiger partial charge in [-0.15, -0.1) is 0 Å². The van der Waals surface area contributed by atoms with Crippen LogP contribution in [0.25, 0.3) is 0 Å². The molecule has 0 aromatic heterocycles. The lowest BCUT2D eigenvalue weighted by atomic mass is 10.1. The van der Waals surface area contributed by atoms with Crippen LogP contribution < -0.4 is 10.6 Å². The first kappa shape index (κ1) is 12.9. The van der Waals surface area contributed by atoms with Crippen LogP contribution in [0.1, 0.15) is 27.0 Å². The van der Waals surface area contributed by atoms with Crippen LogP contribution in [0.4, 0.5) is 5.69 Å². The molecule has 1 heterocycles. The Morgan fingerprint density at radius 2 is 2.10 bits per heavy atom. The zero-order valence-corrected chi connectivity index (χ0v) is 11.6. The van der Waals surface area contributed by atoms with Gasteiger partial charge in [-0.1, -0.05) is 29.8 Å². The molecule has 0 aliphatic carbocycles. The normalized spacial score (nSPS) is 13.4. The van der Waals surface area contributed by atoms with Gasteiger partial charge >= 0.3 is 0 Å². The Kier molecular flexibility index (Phi) is 3.28. The number of anilines is 1. The molecule has 3 heteroatoms. The van der Waals surface area contributed by atoms with Crippen LogP contribution in [-0.4, -0.2) is 12.5 Å². The van der Waals surface area contributed by atoms with Crippen molar-refractivity contribution in [1.82, 2.24) is 0 Å². The fraction of sp³-hybridized carbons (Fsp3) is 0.235. The number of amides is 1. The van der Waals surface area contributed by atoms with Gasteiger partial charge in [0, 0.05) is 24.3 Å². The maximum Gasteiger partial charge on any atom is 0.258 e. The maximum absolute atomic E-state index is 12.6. The number of hydrogen-bond acceptors (Lipinski definition) is 2. The lowest BCUT2D eigenvalue weighted by Gasteiger charge is -2.18. The number of rotatable bonds is 2. The third-order valence-electron chi connectivity index (χ3n) is 3.79. The summed E-state index contributed by atoms with van der Waals surface area (Å²) in [4.78, 5) is 14.5. The Morgan fingerprint density at radius 3 is 2.85 bits per heavy atom. The molecule has 102 valence electrons. The van der Waals surface area contributed by atoms with Crippen molar-refractivity contribution in [3.05, 3.63) is 64.7 Å². The lowest BCUT2D eigenvalue weighted by molar-refractivity contribution is 0.0989. The van der Waals surface area contributed by atoms with Gasteiger partial charge in [0.1, 0.15) is 0 Å². The molecule has 2 aromatic carbocycles. The first-order valence-corrected chi connectivity index (χ1v) is 6.89. The van der Waals surface area contributed by atoms with E-state index in [1.54, 1.807) is 0 Å². The van der Waals surface area contributed by atoms with E-state index in [1.165, 1.54) is 5.56 Å². The molecule has 2 N–H and O–H groups in total. The second-order valence-electron chi connectivity index (χ2n) is 5.24. The molecule has 3 nitrogen and oxygen atoms in total. The summed E-state index contributed by atoms with van der Waals surface area (Å²) in [5.74, 6) is 0.0768.